The predicted octanol–water partition coefficient (Wildman–Crippen LogP) is 5.03. The van der Waals surface area contributed by atoms with E-state index in [4.69, 9.17) is 23.2 Å². The average Bonchev–Trinajstić information content (AvgIpc) is 3.12. The second-order valence-corrected chi connectivity index (χ2v) is 8.10. The Labute approximate surface area is 180 Å². The maximum absolute atomic E-state index is 13.3. The van der Waals surface area contributed by atoms with Crippen LogP contribution in [0.15, 0.2) is 64.8 Å². The van der Waals surface area contributed by atoms with Gasteiger partial charge in [0.2, 0.25) is 0 Å². The fourth-order valence-corrected chi connectivity index (χ4v) is 4.40. The van der Waals surface area contributed by atoms with Crippen LogP contribution in [0.1, 0.15) is 5.56 Å². The Balaban J connectivity index is 1.67. The van der Waals surface area contributed by atoms with Gasteiger partial charge in [-0.05, 0) is 29.8 Å². The van der Waals surface area contributed by atoms with Crippen molar-refractivity contribution in [1.29, 1.82) is 0 Å². The highest BCUT2D eigenvalue weighted by Gasteiger charge is 2.13. The van der Waals surface area contributed by atoms with Crippen LogP contribution in [0.4, 0.5) is 4.39 Å². The van der Waals surface area contributed by atoms with Gasteiger partial charge in [0.1, 0.15) is 5.82 Å². The summed E-state index contributed by atoms with van der Waals surface area (Å²) in [7, 11) is 0. The molecule has 148 valence electrons. The third-order valence-electron chi connectivity index (χ3n) is 4.35. The second kappa shape index (κ2) is 8.57. The van der Waals surface area contributed by atoms with Gasteiger partial charge >= 0.3 is 0 Å². The zero-order valence-corrected chi connectivity index (χ0v) is 17.4. The van der Waals surface area contributed by atoms with Crippen LogP contribution >= 0.6 is 35.0 Å². The van der Waals surface area contributed by atoms with Crippen molar-refractivity contribution in [3.8, 4) is 0 Å². The molecule has 0 saturated carbocycles. The van der Waals surface area contributed by atoms with Crippen LogP contribution in [0.3, 0.4) is 0 Å². The molecule has 4 rings (SSSR count). The summed E-state index contributed by atoms with van der Waals surface area (Å²) in [5, 5.41) is 6.15. The van der Waals surface area contributed by atoms with E-state index < -0.39 is 0 Å². The first-order chi connectivity index (χ1) is 14.0. The molecule has 0 aliphatic carbocycles. The number of fused-ring (bicyclic) bond motifs is 1. The molecule has 0 spiro atoms. The van der Waals surface area contributed by atoms with Crippen molar-refractivity contribution in [2.75, 3.05) is 0 Å². The van der Waals surface area contributed by atoms with E-state index in [9.17, 15) is 9.18 Å². The average molecular weight is 449 g/mol. The van der Waals surface area contributed by atoms with Gasteiger partial charge in [0, 0.05) is 23.5 Å². The van der Waals surface area contributed by atoms with Crippen LogP contribution < -0.4 is 5.56 Å². The van der Waals surface area contributed by atoms with Crippen molar-refractivity contribution >= 4 is 45.9 Å². The predicted molar refractivity (Wildman–Crippen MR) is 114 cm³/mol. The molecule has 0 radical (unpaired) electrons. The van der Waals surface area contributed by atoms with E-state index in [1.807, 2.05) is 18.2 Å². The quantitative estimate of drug-likeness (QED) is 0.306. The molecule has 0 aliphatic rings. The Bertz CT molecular complexity index is 1240. The number of halogens is 3. The van der Waals surface area contributed by atoms with Crippen LogP contribution in [0, 0.1) is 5.82 Å². The molecule has 0 atom stereocenters. The molecular formula is C20H15Cl2FN4OS. The number of hydrogen-bond donors (Lipinski definition) is 0. The zero-order valence-electron chi connectivity index (χ0n) is 15.1. The summed E-state index contributed by atoms with van der Waals surface area (Å²) in [6.45, 7) is 0.853. The fourth-order valence-electron chi connectivity index (χ4n) is 2.90. The summed E-state index contributed by atoms with van der Waals surface area (Å²) < 4.78 is 16.6. The van der Waals surface area contributed by atoms with E-state index in [-0.39, 0.29) is 11.4 Å². The first-order valence-corrected chi connectivity index (χ1v) is 10.5. The Morgan fingerprint density at radius 2 is 1.93 bits per heavy atom. The van der Waals surface area contributed by atoms with Gasteiger partial charge in [-0.15, -0.1) is 0 Å². The maximum atomic E-state index is 13.3. The van der Waals surface area contributed by atoms with Crippen molar-refractivity contribution in [1.82, 2.24) is 19.3 Å². The lowest BCUT2D eigenvalue weighted by Crippen LogP contribution is -2.25. The van der Waals surface area contributed by atoms with Crippen molar-refractivity contribution < 1.29 is 4.39 Å². The van der Waals surface area contributed by atoms with E-state index in [0.29, 0.717) is 44.9 Å². The van der Waals surface area contributed by atoms with E-state index in [1.54, 1.807) is 33.8 Å². The highest BCUT2D eigenvalue weighted by molar-refractivity contribution is 7.98. The third kappa shape index (κ3) is 4.47. The lowest BCUT2D eigenvalue weighted by Gasteiger charge is -2.13. The van der Waals surface area contributed by atoms with Crippen molar-refractivity contribution in [2.45, 2.75) is 24.0 Å². The first-order valence-electron chi connectivity index (χ1n) is 8.75. The first kappa shape index (κ1) is 19.9. The standard InChI is InChI=1S/C20H15Cl2FN4OS/c21-14-10-24-26(11-14)7-8-27-19(28)16-3-1-2-4-18(16)25-20(27)29-12-13-5-6-15(23)9-17(13)22/h1-6,9-11H,7-8,12H2. The molecule has 0 saturated heterocycles. The summed E-state index contributed by atoms with van der Waals surface area (Å²) in [5.41, 5.74) is 1.27. The zero-order chi connectivity index (χ0) is 20.4. The Kier molecular flexibility index (Phi) is 5.89. The number of aryl methyl sites for hydroxylation is 1. The van der Waals surface area contributed by atoms with Gasteiger partial charge < -0.3 is 0 Å². The minimum absolute atomic E-state index is 0.124. The summed E-state index contributed by atoms with van der Waals surface area (Å²) in [5.74, 6) is 0.0692. The molecule has 0 fully saturated rings. The molecule has 9 heteroatoms. The van der Waals surface area contributed by atoms with Gasteiger partial charge in [-0.25, -0.2) is 9.37 Å². The normalized spacial score (nSPS) is 11.3. The van der Waals surface area contributed by atoms with Gasteiger partial charge in [0.25, 0.3) is 5.56 Å². The molecule has 0 unspecified atom stereocenters. The number of aromatic nitrogens is 4. The lowest BCUT2D eigenvalue weighted by molar-refractivity contribution is 0.492. The fraction of sp³-hybridized carbons (Fsp3) is 0.150. The molecule has 2 aromatic carbocycles. The van der Waals surface area contributed by atoms with E-state index in [1.165, 1.54) is 23.9 Å². The van der Waals surface area contributed by atoms with Crippen LogP contribution in [-0.2, 0) is 18.8 Å². The highest BCUT2D eigenvalue weighted by atomic mass is 35.5. The Hall–Kier alpha value is -2.35. The summed E-state index contributed by atoms with van der Waals surface area (Å²) in [6, 6.07) is 11.5. The van der Waals surface area contributed by atoms with Crippen LogP contribution in [-0.4, -0.2) is 19.3 Å². The monoisotopic (exact) mass is 448 g/mol. The van der Waals surface area contributed by atoms with Crippen LogP contribution in [0.25, 0.3) is 10.9 Å². The molecule has 4 aromatic rings. The minimum atomic E-state index is -0.387. The summed E-state index contributed by atoms with van der Waals surface area (Å²) in [4.78, 5) is 17.7. The van der Waals surface area contributed by atoms with E-state index in [2.05, 4.69) is 10.1 Å². The lowest BCUT2D eigenvalue weighted by atomic mass is 10.2. The van der Waals surface area contributed by atoms with Gasteiger partial charge in [0.05, 0.1) is 28.7 Å². The van der Waals surface area contributed by atoms with Crippen LogP contribution in [0.5, 0.6) is 0 Å². The molecule has 0 amide bonds. The van der Waals surface area contributed by atoms with Gasteiger partial charge in [-0.1, -0.05) is 53.2 Å². The smallest absolute Gasteiger partial charge is 0.262 e. The number of nitrogens with zero attached hydrogens (tertiary/aromatic N) is 4. The molecular weight excluding hydrogens is 434 g/mol. The van der Waals surface area contributed by atoms with Crippen molar-refractivity contribution in [2.24, 2.45) is 0 Å². The van der Waals surface area contributed by atoms with E-state index >= 15 is 0 Å². The molecule has 5 nitrogen and oxygen atoms in total. The van der Waals surface area contributed by atoms with Crippen molar-refractivity contribution in [3.63, 3.8) is 0 Å². The van der Waals surface area contributed by atoms with Gasteiger partial charge in [-0.2, -0.15) is 5.10 Å². The topological polar surface area (TPSA) is 52.7 Å². The minimum Gasteiger partial charge on any atom is -0.285 e. The molecule has 2 aromatic heterocycles. The summed E-state index contributed by atoms with van der Waals surface area (Å²) >= 11 is 13.4. The Morgan fingerprint density at radius 3 is 2.69 bits per heavy atom. The molecule has 2 heterocycles. The number of hydrogen-bond acceptors (Lipinski definition) is 4. The maximum Gasteiger partial charge on any atom is 0.262 e. The van der Waals surface area contributed by atoms with Crippen molar-refractivity contribution in [3.05, 3.63) is 86.6 Å². The van der Waals surface area contributed by atoms with E-state index in [0.717, 1.165) is 5.56 Å². The molecule has 0 bridgehead atoms. The Morgan fingerprint density at radius 1 is 1.10 bits per heavy atom. The largest absolute Gasteiger partial charge is 0.285 e. The molecule has 0 aliphatic heterocycles. The van der Waals surface area contributed by atoms with Gasteiger partial charge in [0.15, 0.2) is 5.16 Å². The van der Waals surface area contributed by atoms with Crippen LogP contribution in [0.2, 0.25) is 10.0 Å². The second-order valence-electron chi connectivity index (χ2n) is 6.31. The number of benzene rings is 2. The number of thioether (sulfide) groups is 1. The number of para-hydroxylation sites is 1. The molecule has 29 heavy (non-hydrogen) atoms. The SMILES string of the molecule is O=c1c2ccccc2nc(SCc2ccc(F)cc2Cl)n1CCn1cc(Cl)cn1. The third-order valence-corrected chi connectivity index (χ3v) is 5.93. The summed E-state index contributed by atoms with van der Waals surface area (Å²) in [6.07, 6.45) is 3.25. The molecule has 0 N–H and O–H groups in total. The van der Waals surface area contributed by atoms with Gasteiger partial charge in [-0.3, -0.25) is 14.0 Å². The number of rotatable bonds is 6. The highest BCUT2D eigenvalue weighted by Crippen LogP contribution is 2.27.